The molecule has 0 radical (unpaired) electrons. The molecule has 5 nitrogen and oxygen atoms in total. The number of nitrogens with zero attached hydrogens (tertiary/aromatic N) is 3. The van der Waals surface area contributed by atoms with E-state index in [9.17, 15) is 9.59 Å². The topological polar surface area (TPSA) is 45.6 Å². The van der Waals surface area contributed by atoms with Crippen LogP contribution in [0.2, 0.25) is 5.02 Å². The lowest BCUT2D eigenvalue weighted by atomic mass is 10.1. The summed E-state index contributed by atoms with van der Waals surface area (Å²) in [5.74, 6) is 0.00323. The van der Waals surface area contributed by atoms with Gasteiger partial charge in [-0.15, -0.1) is 11.3 Å². The second-order valence-corrected chi connectivity index (χ2v) is 9.16. The number of hydrogen-bond acceptors (Lipinski definition) is 4. The molecule has 0 atom stereocenters. The standard InChI is InChI=1S/C24H22ClN3O2S/c1-2-28-20-6-4-3-5-18(20)22-19(23(28)29)15-21(31-22)24(30)27-13-11-26(12-14-27)17-9-7-16(25)8-10-17/h3-10,15H,2,11-14H2,1H3. The van der Waals surface area contributed by atoms with E-state index in [-0.39, 0.29) is 11.5 Å². The zero-order chi connectivity index (χ0) is 21.5. The fourth-order valence-electron chi connectivity index (χ4n) is 4.30. The molecule has 1 saturated heterocycles. The summed E-state index contributed by atoms with van der Waals surface area (Å²) in [4.78, 5) is 31.1. The third-order valence-electron chi connectivity index (χ3n) is 5.93. The summed E-state index contributed by atoms with van der Waals surface area (Å²) in [5.41, 5.74) is 2.00. The molecule has 3 heterocycles. The Morgan fingerprint density at radius 1 is 1.00 bits per heavy atom. The molecule has 0 unspecified atom stereocenters. The molecule has 4 aromatic rings. The molecule has 0 N–H and O–H groups in total. The van der Waals surface area contributed by atoms with E-state index in [1.807, 2.05) is 60.4 Å². The zero-order valence-corrected chi connectivity index (χ0v) is 18.7. The van der Waals surface area contributed by atoms with Gasteiger partial charge in [0.1, 0.15) is 0 Å². The van der Waals surface area contributed by atoms with Crippen LogP contribution in [-0.2, 0) is 6.54 Å². The van der Waals surface area contributed by atoms with E-state index in [0.717, 1.165) is 39.4 Å². The molecule has 0 aliphatic carbocycles. The van der Waals surface area contributed by atoms with E-state index in [2.05, 4.69) is 4.90 Å². The number of piperazine rings is 1. The maximum absolute atomic E-state index is 13.3. The molecule has 2 aromatic heterocycles. The molecule has 0 saturated carbocycles. The highest BCUT2D eigenvalue weighted by Gasteiger charge is 2.25. The largest absolute Gasteiger partial charge is 0.368 e. The molecule has 0 bridgehead atoms. The number of amides is 1. The number of rotatable bonds is 3. The first-order valence-corrected chi connectivity index (χ1v) is 11.6. The Morgan fingerprint density at radius 2 is 1.71 bits per heavy atom. The van der Waals surface area contributed by atoms with Crippen molar-refractivity contribution in [1.82, 2.24) is 9.47 Å². The van der Waals surface area contributed by atoms with Crippen LogP contribution < -0.4 is 10.5 Å². The number of carbonyl (C=O) groups is 1. The fraction of sp³-hybridized carbons (Fsp3) is 0.250. The molecule has 1 amide bonds. The van der Waals surface area contributed by atoms with Crippen molar-refractivity contribution in [3.63, 3.8) is 0 Å². The zero-order valence-electron chi connectivity index (χ0n) is 17.2. The lowest BCUT2D eigenvalue weighted by molar-refractivity contribution is 0.0751. The van der Waals surface area contributed by atoms with E-state index < -0.39 is 0 Å². The quantitative estimate of drug-likeness (QED) is 0.447. The number of hydrogen-bond donors (Lipinski definition) is 0. The van der Waals surface area contributed by atoms with Crippen molar-refractivity contribution < 1.29 is 4.79 Å². The number of thiophene rings is 1. The Balaban J connectivity index is 1.43. The summed E-state index contributed by atoms with van der Waals surface area (Å²) in [6, 6.07) is 17.5. The highest BCUT2D eigenvalue weighted by Crippen LogP contribution is 2.31. The summed E-state index contributed by atoms with van der Waals surface area (Å²) in [7, 11) is 0. The van der Waals surface area contributed by atoms with Crippen molar-refractivity contribution in [1.29, 1.82) is 0 Å². The van der Waals surface area contributed by atoms with E-state index in [1.165, 1.54) is 11.3 Å². The van der Waals surface area contributed by atoms with E-state index in [0.29, 0.717) is 29.9 Å². The van der Waals surface area contributed by atoms with Crippen LogP contribution in [0.5, 0.6) is 0 Å². The molecular weight excluding hydrogens is 430 g/mol. The number of aromatic nitrogens is 1. The van der Waals surface area contributed by atoms with E-state index in [1.54, 1.807) is 10.6 Å². The maximum Gasteiger partial charge on any atom is 0.264 e. The van der Waals surface area contributed by atoms with Gasteiger partial charge in [0.15, 0.2) is 0 Å². The number of para-hydroxylation sites is 1. The predicted octanol–water partition coefficient (Wildman–Crippen LogP) is 4.85. The first kappa shape index (κ1) is 20.1. The van der Waals surface area contributed by atoms with Crippen molar-refractivity contribution in [3.05, 3.63) is 74.9 Å². The molecule has 7 heteroatoms. The molecule has 1 aliphatic heterocycles. The lowest BCUT2D eigenvalue weighted by Gasteiger charge is -2.36. The monoisotopic (exact) mass is 451 g/mol. The Kier molecular flexibility index (Phi) is 5.20. The van der Waals surface area contributed by atoms with Crippen LogP contribution in [0.25, 0.3) is 21.0 Å². The minimum absolute atomic E-state index is 0.00323. The number of benzene rings is 2. The number of fused-ring (bicyclic) bond motifs is 3. The van der Waals surface area contributed by atoms with E-state index in [4.69, 9.17) is 11.6 Å². The Labute approximate surface area is 189 Å². The Morgan fingerprint density at radius 3 is 2.42 bits per heavy atom. The number of pyridine rings is 1. The van der Waals surface area contributed by atoms with Crippen molar-refractivity contribution in [2.45, 2.75) is 13.5 Å². The molecule has 5 rings (SSSR count). The average molecular weight is 452 g/mol. The molecule has 0 spiro atoms. The Bertz CT molecular complexity index is 1330. The van der Waals surface area contributed by atoms with Crippen molar-refractivity contribution in [3.8, 4) is 0 Å². The highest BCUT2D eigenvalue weighted by atomic mass is 35.5. The summed E-state index contributed by atoms with van der Waals surface area (Å²) < 4.78 is 2.68. The highest BCUT2D eigenvalue weighted by molar-refractivity contribution is 7.21. The molecule has 1 fully saturated rings. The molecule has 31 heavy (non-hydrogen) atoms. The first-order chi connectivity index (χ1) is 15.1. The molecular formula is C24H22ClN3O2S. The summed E-state index contributed by atoms with van der Waals surface area (Å²) in [6.07, 6.45) is 0. The lowest BCUT2D eigenvalue weighted by Crippen LogP contribution is -2.48. The summed E-state index contributed by atoms with van der Waals surface area (Å²) in [5, 5.41) is 2.38. The fourth-order valence-corrected chi connectivity index (χ4v) is 5.58. The number of aryl methyl sites for hydroxylation is 1. The minimum Gasteiger partial charge on any atom is -0.368 e. The third kappa shape index (κ3) is 3.50. The third-order valence-corrected chi connectivity index (χ3v) is 7.34. The van der Waals surface area contributed by atoms with Gasteiger partial charge in [-0.25, -0.2) is 0 Å². The van der Waals surface area contributed by atoms with Crippen LogP contribution in [0.1, 0.15) is 16.6 Å². The van der Waals surface area contributed by atoms with Gasteiger partial charge < -0.3 is 14.4 Å². The van der Waals surface area contributed by atoms with Gasteiger partial charge in [-0.3, -0.25) is 9.59 Å². The van der Waals surface area contributed by atoms with Crippen LogP contribution in [0.15, 0.2) is 59.4 Å². The normalized spacial score (nSPS) is 14.5. The smallest absolute Gasteiger partial charge is 0.264 e. The van der Waals surface area contributed by atoms with Crippen LogP contribution in [-0.4, -0.2) is 41.6 Å². The van der Waals surface area contributed by atoms with Crippen LogP contribution in [0.4, 0.5) is 5.69 Å². The van der Waals surface area contributed by atoms with Crippen LogP contribution >= 0.6 is 22.9 Å². The van der Waals surface area contributed by atoms with Gasteiger partial charge >= 0.3 is 0 Å². The SMILES string of the molecule is CCn1c(=O)c2cc(C(=O)N3CCN(c4ccc(Cl)cc4)CC3)sc2c2ccccc21. The van der Waals surface area contributed by atoms with E-state index >= 15 is 0 Å². The molecule has 1 aliphatic rings. The second-order valence-electron chi connectivity index (χ2n) is 7.68. The second kappa shape index (κ2) is 8.02. The average Bonchev–Trinajstić information content (AvgIpc) is 3.26. The number of carbonyl (C=O) groups excluding carboxylic acids is 1. The van der Waals surface area contributed by atoms with Gasteiger partial charge in [0.2, 0.25) is 0 Å². The number of halogens is 1. The maximum atomic E-state index is 13.3. The van der Waals surface area contributed by atoms with Gasteiger partial charge in [-0.2, -0.15) is 0 Å². The van der Waals surface area contributed by atoms with Gasteiger partial charge in [0.05, 0.1) is 15.8 Å². The van der Waals surface area contributed by atoms with Crippen LogP contribution in [0.3, 0.4) is 0 Å². The van der Waals surface area contributed by atoms with Gasteiger partial charge in [-0.1, -0.05) is 29.8 Å². The van der Waals surface area contributed by atoms with Crippen molar-refractivity contribution in [2.75, 3.05) is 31.1 Å². The molecule has 158 valence electrons. The predicted molar refractivity (Wildman–Crippen MR) is 129 cm³/mol. The van der Waals surface area contributed by atoms with Gasteiger partial charge in [0, 0.05) is 53.5 Å². The van der Waals surface area contributed by atoms with Gasteiger partial charge in [-0.05, 0) is 43.3 Å². The van der Waals surface area contributed by atoms with Crippen molar-refractivity contribution >= 4 is 55.5 Å². The first-order valence-electron chi connectivity index (χ1n) is 10.4. The Hall–Kier alpha value is -2.83. The van der Waals surface area contributed by atoms with Crippen LogP contribution in [0, 0.1) is 0 Å². The minimum atomic E-state index is -0.0287. The summed E-state index contributed by atoms with van der Waals surface area (Å²) in [6.45, 7) is 5.40. The molecule has 2 aromatic carbocycles. The van der Waals surface area contributed by atoms with Gasteiger partial charge in [0.25, 0.3) is 11.5 Å². The van der Waals surface area contributed by atoms with Crippen molar-refractivity contribution in [2.24, 2.45) is 0 Å². The summed E-state index contributed by atoms with van der Waals surface area (Å²) >= 11 is 7.42. The number of anilines is 1.